The third-order valence-corrected chi connectivity index (χ3v) is 5.85. The lowest BCUT2D eigenvalue weighted by atomic mass is 9.88. The summed E-state index contributed by atoms with van der Waals surface area (Å²) in [5.41, 5.74) is 6.46. The molecule has 0 radical (unpaired) electrons. The van der Waals surface area contributed by atoms with Crippen LogP contribution in [0.3, 0.4) is 0 Å². The highest BCUT2D eigenvalue weighted by atomic mass is 19.4. The molecule has 3 N–H and O–H groups in total. The van der Waals surface area contributed by atoms with Crippen molar-refractivity contribution in [2.75, 3.05) is 16.8 Å². The molecule has 1 aromatic heterocycles. The SMILES string of the molecule is Cc1nc(N[C@H](CC(C)(C)C)C(N)=O)c(C)c(N2CCCC2c2ccc(C(F)(F)F)cc2)n1. The Morgan fingerprint density at radius 2 is 1.82 bits per heavy atom. The van der Waals surface area contributed by atoms with E-state index in [0.29, 0.717) is 23.9 Å². The molecular formula is C24H32F3N5O. The van der Waals surface area contributed by atoms with Crippen molar-refractivity contribution in [2.24, 2.45) is 11.1 Å². The number of hydrogen-bond acceptors (Lipinski definition) is 5. The first-order valence-corrected chi connectivity index (χ1v) is 11.1. The first-order chi connectivity index (χ1) is 15.3. The van der Waals surface area contributed by atoms with E-state index in [-0.39, 0.29) is 11.5 Å². The van der Waals surface area contributed by atoms with Crippen LogP contribution in [0.15, 0.2) is 24.3 Å². The summed E-state index contributed by atoms with van der Waals surface area (Å²) in [6.45, 7) is 10.5. The lowest BCUT2D eigenvalue weighted by molar-refractivity contribution is -0.137. The second-order valence-electron chi connectivity index (χ2n) is 9.90. The Morgan fingerprint density at radius 3 is 2.36 bits per heavy atom. The molecule has 180 valence electrons. The lowest BCUT2D eigenvalue weighted by Gasteiger charge is -2.30. The number of rotatable bonds is 6. The van der Waals surface area contributed by atoms with Crippen LogP contribution in [0.1, 0.15) is 68.6 Å². The molecular weight excluding hydrogens is 431 g/mol. The van der Waals surface area contributed by atoms with Crippen molar-refractivity contribution in [3.05, 3.63) is 46.8 Å². The summed E-state index contributed by atoms with van der Waals surface area (Å²) < 4.78 is 38.9. The Morgan fingerprint density at radius 1 is 1.18 bits per heavy atom. The van der Waals surface area contributed by atoms with Gasteiger partial charge in [0.15, 0.2) is 0 Å². The van der Waals surface area contributed by atoms with Crippen LogP contribution >= 0.6 is 0 Å². The van der Waals surface area contributed by atoms with Crippen molar-refractivity contribution < 1.29 is 18.0 Å². The Bertz CT molecular complexity index is 999. The maximum atomic E-state index is 13.0. The van der Waals surface area contributed by atoms with Gasteiger partial charge >= 0.3 is 6.18 Å². The van der Waals surface area contributed by atoms with Gasteiger partial charge in [0.05, 0.1) is 11.6 Å². The molecule has 33 heavy (non-hydrogen) atoms. The highest BCUT2D eigenvalue weighted by Gasteiger charge is 2.33. The van der Waals surface area contributed by atoms with E-state index in [1.165, 1.54) is 0 Å². The van der Waals surface area contributed by atoms with E-state index < -0.39 is 23.7 Å². The van der Waals surface area contributed by atoms with Crippen LogP contribution in [0.25, 0.3) is 0 Å². The van der Waals surface area contributed by atoms with Gasteiger partial charge < -0.3 is 16.0 Å². The number of hydrogen-bond donors (Lipinski definition) is 2. The number of primary amides is 1. The molecule has 2 atom stereocenters. The van der Waals surface area contributed by atoms with E-state index in [2.05, 4.69) is 20.2 Å². The standard InChI is InChI=1S/C24H32F3N5O/c1-14-21(31-18(20(28)33)13-23(3,4)5)29-15(2)30-22(14)32-12-6-7-19(32)16-8-10-17(11-9-16)24(25,26)27/h8-11,18-19H,6-7,12-13H2,1-5H3,(H2,28,33)(H,29,30,31)/t18-,19?/m1/s1. The molecule has 1 amide bonds. The van der Waals surface area contributed by atoms with Crippen molar-refractivity contribution in [1.82, 2.24) is 9.97 Å². The summed E-state index contributed by atoms with van der Waals surface area (Å²) in [4.78, 5) is 23.4. The minimum atomic E-state index is -4.36. The maximum Gasteiger partial charge on any atom is 0.416 e. The minimum Gasteiger partial charge on any atom is -0.368 e. The topological polar surface area (TPSA) is 84.1 Å². The molecule has 9 heteroatoms. The van der Waals surface area contributed by atoms with Gasteiger partial charge in [-0.15, -0.1) is 0 Å². The fraction of sp³-hybridized carbons (Fsp3) is 0.542. The summed E-state index contributed by atoms with van der Waals surface area (Å²) in [7, 11) is 0. The molecule has 0 spiro atoms. The van der Waals surface area contributed by atoms with Crippen molar-refractivity contribution >= 4 is 17.5 Å². The number of amides is 1. The number of carbonyl (C=O) groups is 1. The van der Waals surface area contributed by atoms with Gasteiger partial charge in [-0.3, -0.25) is 4.79 Å². The number of nitrogens with zero attached hydrogens (tertiary/aromatic N) is 3. The van der Waals surface area contributed by atoms with Crippen LogP contribution < -0.4 is 16.0 Å². The largest absolute Gasteiger partial charge is 0.416 e. The Labute approximate surface area is 192 Å². The molecule has 1 saturated heterocycles. The number of nitrogens with two attached hydrogens (primary N) is 1. The smallest absolute Gasteiger partial charge is 0.368 e. The maximum absolute atomic E-state index is 13.0. The Hall–Kier alpha value is -2.84. The summed E-state index contributed by atoms with van der Waals surface area (Å²) in [5, 5.41) is 3.21. The van der Waals surface area contributed by atoms with Crippen molar-refractivity contribution in [3.63, 3.8) is 0 Å². The van der Waals surface area contributed by atoms with Gasteiger partial charge in [0.25, 0.3) is 0 Å². The van der Waals surface area contributed by atoms with Gasteiger partial charge in [0.2, 0.25) is 5.91 Å². The first kappa shape index (κ1) is 24.8. The molecule has 3 rings (SSSR count). The second-order valence-corrected chi connectivity index (χ2v) is 9.90. The van der Waals surface area contributed by atoms with Crippen LogP contribution in [0, 0.1) is 19.3 Å². The predicted octanol–water partition coefficient (Wildman–Crippen LogP) is 5.16. The third-order valence-electron chi connectivity index (χ3n) is 5.85. The monoisotopic (exact) mass is 463 g/mol. The van der Waals surface area contributed by atoms with E-state index in [4.69, 9.17) is 5.73 Å². The highest BCUT2D eigenvalue weighted by Crippen LogP contribution is 2.39. The van der Waals surface area contributed by atoms with E-state index in [1.54, 1.807) is 19.1 Å². The number of halogens is 3. The van der Waals surface area contributed by atoms with Gasteiger partial charge in [-0.25, -0.2) is 9.97 Å². The second kappa shape index (κ2) is 9.19. The molecule has 0 bridgehead atoms. The summed E-state index contributed by atoms with van der Waals surface area (Å²) in [6.07, 6.45) is -2.12. The van der Waals surface area contributed by atoms with Crippen LogP contribution in [0.2, 0.25) is 0 Å². The molecule has 6 nitrogen and oxygen atoms in total. The molecule has 1 unspecified atom stereocenters. The number of alkyl halides is 3. The summed E-state index contributed by atoms with van der Waals surface area (Å²) in [5.74, 6) is 1.34. The molecule has 1 aliphatic heterocycles. The van der Waals surface area contributed by atoms with Gasteiger partial charge in [0.1, 0.15) is 23.5 Å². The number of carbonyl (C=O) groups excluding carboxylic acids is 1. The van der Waals surface area contributed by atoms with Crippen LogP contribution in [-0.4, -0.2) is 28.5 Å². The molecule has 0 aliphatic carbocycles. The third kappa shape index (κ3) is 5.94. The predicted molar refractivity (Wildman–Crippen MR) is 123 cm³/mol. The van der Waals surface area contributed by atoms with Crippen molar-refractivity contribution in [2.45, 2.75) is 72.1 Å². The number of anilines is 2. The Balaban J connectivity index is 1.92. The van der Waals surface area contributed by atoms with E-state index in [0.717, 1.165) is 42.6 Å². The number of aryl methyl sites for hydroxylation is 1. The lowest BCUT2D eigenvalue weighted by Crippen LogP contribution is -2.39. The highest BCUT2D eigenvalue weighted by molar-refractivity contribution is 5.83. The fourth-order valence-corrected chi connectivity index (χ4v) is 4.30. The van der Waals surface area contributed by atoms with E-state index in [1.807, 2.05) is 27.7 Å². The molecule has 1 fully saturated rings. The van der Waals surface area contributed by atoms with Gasteiger partial charge in [0, 0.05) is 12.1 Å². The van der Waals surface area contributed by atoms with E-state index in [9.17, 15) is 18.0 Å². The Kier molecular flexibility index (Phi) is 6.91. The fourth-order valence-electron chi connectivity index (χ4n) is 4.30. The zero-order chi connectivity index (χ0) is 24.6. The van der Waals surface area contributed by atoms with Gasteiger partial charge in [-0.05, 0) is 56.2 Å². The number of nitrogens with one attached hydrogen (secondary N) is 1. The molecule has 0 saturated carbocycles. The van der Waals surface area contributed by atoms with Crippen LogP contribution in [0.4, 0.5) is 24.8 Å². The average Bonchev–Trinajstić information content (AvgIpc) is 3.18. The summed E-state index contributed by atoms with van der Waals surface area (Å²) in [6, 6.07) is 4.66. The molecule has 2 aromatic rings. The van der Waals surface area contributed by atoms with Crippen LogP contribution in [-0.2, 0) is 11.0 Å². The number of benzene rings is 1. The minimum absolute atomic E-state index is 0.0883. The van der Waals surface area contributed by atoms with Crippen LogP contribution in [0.5, 0.6) is 0 Å². The van der Waals surface area contributed by atoms with Gasteiger partial charge in [-0.2, -0.15) is 13.2 Å². The molecule has 2 heterocycles. The number of aromatic nitrogens is 2. The van der Waals surface area contributed by atoms with Gasteiger partial charge in [-0.1, -0.05) is 32.9 Å². The van der Waals surface area contributed by atoms with Crippen molar-refractivity contribution in [1.29, 1.82) is 0 Å². The quantitative estimate of drug-likeness (QED) is 0.619. The normalized spacial score (nSPS) is 17.8. The summed E-state index contributed by atoms with van der Waals surface area (Å²) >= 11 is 0. The zero-order valence-corrected chi connectivity index (χ0v) is 19.8. The molecule has 1 aliphatic rings. The zero-order valence-electron chi connectivity index (χ0n) is 19.8. The van der Waals surface area contributed by atoms with Crippen molar-refractivity contribution in [3.8, 4) is 0 Å². The first-order valence-electron chi connectivity index (χ1n) is 11.1. The van der Waals surface area contributed by atoms with E-state index >= 15 is 0 Å². The molecule has 1 aromatic carbocycles. The average molecular weight is 464 g/mol.